The standard InChI is InChI=1S/C20H24N4O/c1-15-5-4-6-16(11-15)12-20(9-10-20)23-18(25)8-7-17-13-21-19(22-14-17)24(2)3/h4-8,11,13-14H,9-10,12H2,1-3H3,(H,23,25)/b8-7+. The molecule has 0 aliphatic heterocycles. The van der Waals surface area contributed by atoms with Gasteiger partial charge in [0, 0.05) is 43.7 Å². The van der Waals surface area contributed by atoms with Gasteiger partial charge in [-0.25, -0.2) is 9.97 Å². The predicted octanol–water partition coefficient (Wildman–Crippen LogP) is 2.76. The zero-order valence-electron chi connectivity index (χ0n) is 15.0. The van der Waals surface area contributed by atoms with E-state index in [0.717, 1.165) is 24.8 Å². The van der Waals surface area contributed by atoms with Gasteiger partial charge in [0.2, 0.25) is 11.9 Å². The van der Waals surface area contributed by atoms with E-state index >= 15 is 0 Å². The summed E-state index contributed by atoms with van der Waals surface area (Å²) in [7, 11) is 3.78. The van der Waals surface area contributed by atoms with Crippen molar-refractivity contribution in [1.82, 2.24) is 15.3 Å². The molecule has 1 heterocycles. The Morgan fingerprint density at radius 2 is 2.00 bits per heavy atom. The number of nitrogens with one attached hydrogen (secondary N) is 1. The molecule has 2 aromatic rings. The largest absolute Gasteiger partial charge is 0.347 e. The third-order valence-electron chi connectivity index (χ3n) is 4.35. The van der Waals surface area contributed by atoms with Crippen LogP contribution in [-0.2, 0) is 11.2 Å². The molecule has 5 heteroatoms. The number of hydrogen-bond acceptors (Lipinski definition) is 4. The van der Waals surface area contributed by atoms with Crippen molar-refractivity contribution < 1.29 is 4.79 Å². The Morgan fingerprint density at radius 1 is 1.28 bits per heavy atom. The fraction of sp³-hybridized carbons (Fsp3) is 0.350. The summed E-state index contributed by atoms with van der Waals surface area (Å²) in [6.45, 7) is 2.09. The molecule has 130 valence electrons. The maximum Gasteiger partial charge on any atom is 0.244 e. The second-order valence-corrected chi connectivity index (χ2v) is 6.98. The topological polar surface area (TPSA) is 58.1 Å². The summed E-state index contributed by atoms with van der Waals surface area (Å²) in [5, 5.41) is 3.16. The summed E-state index contributed by atoms with van der Waals surface area (Å²) >= 11 is 0. The van der Waals surface area contributed by atoms with Crippen molar-refractivity contribution in [3.05, 3.63) is 59.4 Å². The fourth-order valence-corrected chi connectivity index (χ4v) is 2.83. The summed E-state index contributed by atoms with van der Waals surface area (Å²) in [5.74, 6) is 0.582. The minimum atomic E-state index is -0.0828. The van der Waals surface area contributed by atoms with E-state index in [2.05, 4.69) is 46.5 Å². The lowest BCUT2D eigenvalue weighted by Gasteiger charge is -2.16. The number of amides is 1. The van der Waals surface area contributed by atoms with Crippen LogP contribution in [0.2, 0.25) is 0 Å². The predicted molar refractivity (Wildman–Crippen MR) is 100 cm³/mol. The highest BCUT2D eigenvalue weighted by atomic mass is 16.1. The molecule has 3 rings (SSSR count). The van der Waals surface area contributed by atoms with Gasteiger partial charge in [0.15, 0.2) is 0 Å². The van der Waals surface area contributed by atoms with Crippen molar-refractivity contribution >= 4 is 17.9 Å². The van der Waals surface area contributed by atoms with Gasteiger partial charge in [-0.1, -0.05) is 29.8 Å². The van der Waals surface area contributed by atoms with Gasteiger partial charge in [-0.15, -0.1) is 0 Å². The van der Waals surface area contributed by atoms with Crippen LogP contribution in [0, 0.1) is 6.92 Å². The molecular weight excluding hydrogens is 312 g/mol. The Morgan fingerprint density at radius 3 is 2.60 bits per heavy atom. The van der Waals surface area contributed by atoms with E-state index in [1.54, 1.807) is 24.5 Å². The molecule has 5 nitrogen and oxygen atoms in total. The molecule has 0 spiro atoms. The molecule has 1 fully saturated rings. The van der Waals surface area contributed by atoms with Gasteiger partial charge in [0.25, 0.3) is 0 Å². The summed E-state index contributed by atoms with van der Waals surface area (Å²) in [4.78, 5) is 22.6. The second-order valence-electron chi connectivity index (χ2n) is 6.98. The maximum absolute atomic E-state index is 12.3. The summed E-state index contributed by atoms with van der Waals surface area (Å²) in [6, 6.07) is 8.47. The Balaban J connectivity index is 1.58. The molecule has 25 heavy (non-hydrogen) atoms. The number of anilines is 1. The highest BCUT2D eigenvalue weighted by molar-refractivity contribution is 5.92. The van der Waals surface area contributed by atoms with E-state index < -0.39 is 0 Å². The van der Waals surface area contributed by atoms with E-state index in [1.807, 2.05) is 19.0 Å². The summed E-state index contributed by atoms with van der Waals surface area (Å²) in [5.41, 5.74) is 3.25. The lowest BCUT2D eigenvalue weighted by Crippen LogP contribution is -2.37. The molecule has 1 aliphatic rings. The Bertz CT molecular complexity index is 777. The number of hydrogen-bond donors (Lipinski definition) is 1. The minimum Gasteiger partial charge on any atom is -0.347 e. The first-order valence-electron chi connectivity index (χ1n) is 8.51. The molecule has 1 aliphatic carbocycles. The number of aryl methyl sites for hydroxylation is 1. The molecule has 1 aromatic heterocycles. The summed E-state index contributed by atoms with van der Waals surface area (Å²) < 4.78 is 0. The molecule has 0 atom stereocenters. The van der Waals surface area contributed by atoms with E-state index in [1.165, 1.54) is 11.1 Å². The fourth-order valence-electron chi connectivity index (χ4n) is 2.83. The number of carbonyl (C=O) groups excluding carboxylic acids is 1. The molecule has 1 amide bonds. The first-order valence-corrected chi connectivity index (χ1v) is 8.51. The van der Waals surface area contributed by atoms with Gasteiger partial charge in [-0.2, -0.15) is 0 Å². The SMILES string of the molecule is Cc1cccc(CC2(NC(=O)/C=C/c3cnc(N(C)C)nc3)CC2)c1. The van der Waals surface area contributed by atoms with Crippen LogP contribution in [0.25, 0.3) is 6.08 Å². The average molecular weight is 336 g/mol. The molecular formula is C20H24N4O. The third kappa shape index (κ3) is 4.66. The van der Waals surface area contributed by atoms with Gasteiger partial charge in [-0.05, 0) is 37.8 Å². The number of carbonyl (C=O) groups is 1. The molecule has 0 bridgehead atoms. The van der Waals surface area contributed by atoms with Crippen molar-refractivity contribution in [2.24, 2.45) is 0 Å². The number of rotatable bonds is 6. The van der Waals surface area contributed by atoms with E-state index in [4.69, 9.17) is 0 Å². The Labute approximate surface area is 148 Å². The maximum atomic E-state index is 12.3. The second kappa shape index (κ2) is 7.05. The first kappa shape index (κ1) is 17.1. The van der Waals surface area contributed by atoms with Crippen LogP contribution in [0.4, 0.5) is 5.95 Å². The van der Waals surface area contributed by atoms with Crippen molar-refractivity contribution in [3.63, 3.8) is 0 Å². The van der Waals surface area contributed by atoms with Crippen LogP contribution in [0.1, 0.15) is 29.5 Å². The van der Waals surface area contributed by atoms with Gasteiger partial charge in [0.1, 0.15) is 0 Å². The Hall–Kier alpha value is -2.69. The van der Waals surface area contributed by atoms with Crippen LogP contribution >= 0.6 is 0 Å². The molecule has 0 saturated heterocycles. The van der Waals surface area contributed by atoms with Crippen LogP contribution in [0.3, 0.4) is 0 Å². The zero-order chi connectivity index (χ0) is 17.9. The number of nitrogens with zero attached hydrogens (tertiary/aromatic N) is 3. The van der Waals surface area contributed by atoms with E-state index in [0.29, 0.717) is 5.95 Å². The third-order valence-corrected chi connectivity index (χ3v) is 4.35. The molecule has 0 radical (unpaired) electrons. The highest BCUT2D eigenvalue weighted by Gasteiger charge is 2.43. The number of benzene rings is 1. The van der Waals surface area contributed by atoms with Crippen LogP contribution < -0.4 is 10.2 Å². The van der Waals surface area contributed by atoms with Crippen molar-refractivity contribution in [1.29, 1.82) is 0 Å². The monoisotopic (exact) mass is 336 g/mol. The normalized spacial score (nSPS) is 15.2. The van der Waals surface area contributed by atoms with Crippen molar-refractivity contribution in [2.75, 3.05) is 19.0 Å². The van der Waals surface area contributed by atoms with E-state index in [9.17, 15) is 4.79 Å². The van der Waals surface area contributed by atoms with Gasteiger partial charge in [-0.3, -0.25) is 4.79 Å². The minimum absolute atomic E-state index is 0.0677. The summed E-state index contributed by atoms with van der Waals surface area (Å²) in [6.07, 6.45) is 9.68. The molecule has 1 N–H and O–H groups in total. The van der Waals surface area contributed by atoms with Gasteiger partial charge >= 0.3 is 0 Å². The zero-order valence-corrected chi connectivity index (χ0v) is 15.0. The van der Waals surface area contributed by atoms with Crippen LogP contribution in [0.15, 0.2) is 42.7 Å². The highest BCUT2D eigenvalue weighted by Crippen LogP contribution is 2.38. The Kier molecular flexibility index (Phi) is 4.83. The molecule has 0 unspecified atom stereocenters. The van der Waals surface area contributed by atoms with Crippen LogP contribution in [-0.4, -0.2) is 35.5 Å². The molecule has 1 aromatic carbocycles. The average Bonchev–Trinajstić information content (AvgIpc) is 3.32. The lowest BCUT2D eigenvalue weighted by molar-refractivity contribution is -0.117. The van der Waals surface area contributed by atoms with E-state index in [-0.39, 0.29) is 11.4 Å². The smallest absolute Gasteiger partial charge is 0.244 e. The number of aromatic nitrogens is 2. The first-order chi connectivity index (χ1) is 12.0. The van der Waals surface area contributed by atoms with Gasteiger partial charge in [0.05, 0.1) is 0 Å². The van der Waals surface area contributed by atoms with Crippen molar-refractivity contribution in [3.8, 4) is 0 Å². The van der Waals surface area contributed by atoms with Crippen LogP contribution in [0.5, 0.6) is 0 Å². The molecule has 1 saturated carbocycles. The lowest BCUT2D eigenvalue weighted by atomic mass is 10.0. The van der Waals surface area contributed by atoms with Gasteiger partial charge < -0.3 is 10.2 Å². The van der Waals surface area contributed by atoms with Crippen molar-refractivity contribution in [2.45, 2.75) is 31.7 Å². The quantitative estimate of drug-likeness (QED) is 0.824.